The van der Waals surface area contributed by atoms with E-state index >= 15 is 0 Å². The Morgan fingerprint density at radius 3 is 2.47 bits per heavy atom. The minimum Gasteiger partial charge on any atom is -0.445 e. The first-order valence-electron chi connectivity index (χ1n) is 9.31. The zero-order valence-corrected chi connectivity index (χ0v) is 16.6. The number of alkyl carbamates (subject to hydrolysis) is 1. The number of benzodiazepines with no additional fused rings is 1. The highest BCUT2D eigenvalue weighted by Gasteiger charge is 2.27. The van der Waals surface area contributed by atoms with Gasteiger partial charge in [0.25, 0.3) is 5.91 Å². The first-order valence-corrected chi connectivity index (χ1v) is 9.69. The predicted molar refractivity (Wildman–Crippen MR) is 116 cm³/mol. The van der Waals surface area contributed by atoms with Gasteiger partial charge in [0.1, 0.15) is 6.61 Å². The van der Waals surface area contributed by atoms with Crippen molar-refractivity contribution in [2.24, 2.45) is 4.99 Å². The summed E-state index contributed by atoms with van der Waals surface area (Å²) in [5, 5.41) is 5.84. The molecule has 0 fully saturated rings. The van der Waals surface area contributed by atoms with Crippen molar-refractivity contribution >= 4 is 35.0 Å². The van der Waals surface area contributed by atoms with E-state index in [4.69, 9.17) is 16.3 Å². The van der Waals surface area contributed by atoms with E-state index < -0.39 is 18.2 Å². The lowest BCUT2D eigenvalue weighted by Crippen LogP contribution is -2.42. The van der Waals surface area contributed by atoms with Gasteiger partial charge in [0.15, 0.2) is 0 Å². The molecule has 1 aliphatic rings. The zero-order valence-electron chi connectivity index (χ0n) is 15.8. The lowest BCUT2D eigenvalue weighted by Gasteiger charge is -2.13. The minimum atomic E-state index is -1.16. The summed E-state index contributed by atoms with van der Waals surface area (Å²) in [4.78, 5) is 29.6. The smallest absolute Gasteiger partial charge is 0.409 e. The van der Waals surface area contributed by atoms with E-state index in [2.05, 4.69) is 15.6 Å². The summed E-state index contributed by atoms with van der Waals surface area (Å²) in [5.41, 5.74) is 3.41. The van der Waals surface area contributed by atoms with Crippen LogP contribution in [0.2, 0.25) is 5.02 Å². The van der Waals surface area contributed by atoms with Crippen LogP contribution in [-0.2, 0) is 16.1 Å². The monoisotopic (exact) mass is 419 g/mol. The number of aliphatic imine (C=N–C) groups is 1. The maximum absolute atomic E-state index is 12.7. The van der Waals surface area contributed by atoms with Gasteiger partial charge in [0.05, 0.1) is 11.4 Å². The number of rotatable bonds is 4. The number of carbonyl (C=O) groups excluding carboxylic acids is 2. The zero-order chi connectivity index (χ0) is 20.9. The van der Waals surface area contributed by atoms with Gasteiger partial charge >= 0.3 is 6.09 Å². The Morgan fingerprint density at radius 1 is 1.03 bits per heavy atom. The third kappa shape index (κ3) is 4.50. The number of anilines is 1. The number of halogens is 1. The second kappa shape index (κ2) is 8.80. The maximum Gasteiger partial charge on any atom is 0.409 e. The fourth-order valence-corrected chi connectivity index (χ4v) is 3.25. The van der Waals surface area contributed by atoms with Gasteiger partial charge in [0, 0.05) is 16.1 Å². The van der Waals surface area contributed by atoms with Gasteiger partial charge in [-0.25, -0.2) is 9.79 Å². The molecule has 3 aromatic carbocycles. The first-order chi connectivity index (χ1) is 14.6. The average Bonchev–Trinajstić information content (AvgIpc) is 2.90. The summed E-state index contributed by atoms with van der Waals surface area (Å²) in [6, 6.07) is 23.8. The maximum atomic E-state index is 12.7. The Morgan fingerprint density at radius 2 is 1.73 bits per heavy atom. The number of hydrogen-bond acceptors (Lipinski definition) is 4. The molecule has 6 nitrogen and oxygen atoms in total. The molecule has 4 rings (SSSR count). The average molecular weight is 420 g/mol. The summed E-state index contributed by atoms with van der Waals surface area (Å²) < 4.78 is 5.24. The van der Waals surface area contributed by atoms with Crippen molar-refractivity contribution < 1.29 is 14.3 Å². The molecule has 150 valence electrons. The fourth-order valence-electron chi connectivity index (χ4n) is 3.08. The van der Waals surface area contributed by atoms with Crippen LogP contribution in [0, 0.1) is 0 Å². The molecule has 0 aromatic heterocycles. The third-order valence-corrected chi connectivity index (χ3v) is 4.75. The number of nitrogens with one attached hydrogen (secondary N) is 2. The van der Waals surface area contributed by atoms with Gasteiger partial charge in [-0.05, 0) is 23.8 Å². The second-order valence-electron chi connectivity index (χ2n) is 6.63. The van der Waals surface area contributed by atoms with Crippen molar-refractivity contribution in [3.8, 4) is 0 Å². The Kier molecular flexibility index (Phi) is 5.77. The van der Waals surface area contributed by atoms with E-state index in [1.165, 1.54) is 0 Å². The number of fused-ring (bicyclic) bond motifs is 1. The summed E-state index contributed by atoms with van der Waals surface area (Å²) in [6.07, 6.45) is -1.89. The van der Waals surface area contributed by atoms with Gasteiger partial charge in [-0.3, -0.25) is 10.1 Å². The molecule has 0 saturated carbocycles. The lowest BCUT2D eigenvalue weighted by molar-refractivity contribution is -0.117. The van der Waals surface area contributed by atoms with Crippen LogP contribution in [0.15, 0.2) is 83.9 Å². The Hall–Kier alpha value is -3.64. The van der Waals surface area contributed by atoms with Crippen LogP contribution in [0.1, 0.15) is 16.7 Å². The molecule has 0 radical (unpaired) electrons. The van der Waals surface area contributed by atoms with Crippen LogP contribution < -0.4 is 10.6 Å². The molecule has 30 heavy (non-hydrogen) atoms. The highest BCUT2D eigenvalue weighted by molar-refractivity contribution is 6.32. The third-order valence-electron chi connectivity index (χ3n) is 4.52. The van der Waals surface area contributed by atoms with Crippen LogP contribution in [0.25, 0.3) is 0 Å². The van der Waals surface area contributed by atoms with Gasteiger partial charge in [0.2, 0.25) is 6.17 Å². The molecule has 0 bridgehead atoms. The van der Waals surface area contributed by atoms with E-state index in [-0.39, 0.29) is 6.61 Å². The molecule has 0 aliphatic carbocycles. The Bertz CT molecular complexity index is 1100. The van der Waals surface area contributed by atoms with Crippen molar-refractivity contribution in [2.45, 2.75) is 12.8 Å². The SMILES string of the molecule is O=C(NC1N=C(c2ccccc2)c2cc(Cl)ccc2NC1=O)OCc1ccccc1. The molecule has 7 heteroatoms. The number of nitrogens with zero attached hydrogens (tertiary/aromatic N) is 1. The van der Waals surface area contributed by atoms with Crippen molar-refractivity contribution in [3.63, 3.8) is 0 Å². The predicted octanol–water partition coefficient (Wildman–Crippen LogP) is 4.38. The number of ether oxygens (including phenoxy) is 1. The van der Waals surface area contributed by atoms with Crippen molar-refractivity contribution in [1.29, 1.82) is 0 Å². The number of benzene rings is 3. The van der Waals surface area contributed by atoms with E-state index in [0.29, 0.717) is 22.0 Å². The van der Waals surface area contributed by atoms with Crippen LogP contribution in [0.5, 0.6) is 0 Å². The molecule has 0 saturated heterocycles. The van der Waals surface area contributed by atoms with Crippen LogP contribution >= 0.6 is 11.6 Å². The molecular formula is C23H18ClN3O3. The summed E-state index contributed by atoms with van der Waals surface area (Å²) >= 11 is 6.18. The summed E-state index contributed by atoms with van der Waals surface area (Å²) in [7, 11) is 0. The summed E-state index contributed by atoms with van der Waals surface area (Å²) in [6.45, 7) is 0.0894. The largest absolute Gasteiger partial charge is 0.445 e. The molecular weight excluding hydrogens is 402 g/mol. The number of amides is 2. The van der Waals surface area contributed by atoms with Crippen molar-refractivity contribution in [1.82, 2.24) is 5.32 Å². The summed E-state index contributed by atoms with van der Waals surface area (Å²) in [5.74, 6) is -0.471. The van der Waals surface area contributed by atoms with Crippen LogP contribution in [-0.4, -0.2) is 23.9 Å². The molecule has 3 aromatic rings. The molecule has 1 atom stereocenters. The topological polar surface area (TPSA) is 79.8 Å². The molecule has 1 unspecified atom stereocenters. The van der Waals surface area contributed by atoms with Gasteiger partial charge < -0.3 is 10.1 Å². The number of carbonyl (C=O) groups is 2. The molecule has 2 amide bonds. The quantitative estimate of drug-likeness (QED) is 0.658. The van der Waals surface area contributed by atoms with Gasteiger partial charge in [-0.1, -0.05) is 72.3 Å². The van der Waals surface area contributed by atoms with Gasteiger partial charge in [-0.15, -0.1) is 0 Å². The van der Waals surface area contributed by atoms with Gasteiger partial charge in [-0.2, -0.15) is 0 Å². The van der Waals surface area contributed by atoms with E-state index in [1.807, 2.05) is 60.7 Å². The highest BCUT2D eigenvalue weighted by Crippen LogP contribution is 2.27. The first kappa shape index (κ1) is 19.7. The molecule has 1 aliphatic heterocycles. The Labute approximate surface area is 178 Å². The van der Waals surface area contributed by atoms with Crippen LogP contribution in [0.3, 0.4) is 0 Å². The standard InChI is InChI=1S/C23H18ClN3O3/c24-17-11-12-19-18(13-17)20(16-9-5-2-6-10-16)26-21(22(28)25-19)27-23(29)30-14-15-7-3-1-4-8-15/h1-13,21H,14H2,(H,25,28)(H,27,29). The molecule has 2 N–H and O–H groups in total. The van der Waals surface area contributed by atoms with E-state index in [0.717, 1.165) is 11.1 Å². The minimum absolute atomic E-state index is 0.0894. The highest BCUT2D eigenvalue weighted by atomic mass is 35.5. The van der Waals surface area contributed by atoms with Crippen molar-refractivity contribution in [2.75, 3.05) is 5.32 Å². The van der Waals surface area contributed by atoms with E-state index in [1.54, 1.807) is 18.2 Å². The lowest BCUT2D eigenvalue weighted by atomic mass is 10.0. The van der Waals surface area contributed by atoms with Crippen LogP contribution in [0.4, 0.5) is 10.5 Å². The second-order valence-corrected chi connectivity index (χ2v) is 7.07. The van der Waals surface area contributed by atoms with E-state index in [9.17, 15) is 9.59 Å². The van der Waals surface area contributed by atoms with Crippen molar-refractivity contribution in [3.05, 3.63) is 101 Å². The number of hydrogen-bond donors (Lipinski definition) is 2. The molecule has 1 heterocycles. The fraction of sp³-hybridized carbons (Fsp3) is 0.0870. The Balaban J connectivity index is 1.61. The molecule has 0 spiro atoms. The normalized spacial score (nSPS) is 15.3.